The summed E-state index contributed by atoms with van der Waals surface area (Å²) in [5.41, 5.74) is 6.54. The zero-order valence-corrected chi connectivity index (χ0v) is 16.1. The number of carbonyl (C=O) groups is 1. The fourth-order valence-corrected chi connectivity index (χ4v) is 5.45. The van der Waals surface area contributed by atoms with E-state index < -0.39 is 5.41 Å². The molecule has 1 unspecified atom stereocenters. The van der Waals surface area contributed by atoms with Gasteiger partial charge in [0, 0.05) is 11.8 Å². The smallest absolute Gasteiger partial charge is 0.233 e. The first-order valence-corrected chi connectivity index (χ1v) is 10.1. The van der Waals surface area contributed by atoms with Crippen molar-refractivity contribution in [1.29, 1.82) is 0 Å². The molecule has 1 amide bonds. The quantitative estimate of drug-likeness (QED) is 0.504. The van der Waals surface area contributed by atoms with Gasteiger partial charge in [-0.3, -0.25) is 10.1 Å². The molecule has 0 saturated heterocycles. The molecule has 1 heterocycles. The molecule has 4 aromatic rings. The number of H-pyrrole nitrogens is 1. The second-order valence-corrected chi connectivity index (χ2v) is 8.42. The van der Waals surface area contributed by atoms with Gasteiger partial charge < -0.3 is 4.98 Å². The van der Waals surface area contributed by atoms with Crippen molar-refractivity contribution in [3.05, 3.63) is 95.1 Å². The van der Waals surface area contributed by atoms with Crippen LogP contribution >= 0.6 is 0 Å². The molecule has 1 aromatic heterocycles. The Labute approximate surface area is 169 Å². The van der Waals surface area contributed by atoms with Crippen LogP contribution in [0.5, 0.6) is 0 Å². The third kappa shape index (κ3) is 2.26. The van der Waals surface area contributed by atoms with Crippen LogP contribution in [0.3, 0.4) is 0 Å². The number of carbonyl (C=O) groups excluding carboxylic acids is 1. The number of para-hydroxylation sites is 2. The molecule has 4 nitrogen and oxygen atoms in total. The van der Waals surface area contributed by atoms with Crippen LogP contribution in [0.2, 0.25) is 0 Å². The van der Waals surface area contributed by atoms with Crippen molar-refractivity contribution in [3.8, 4) is 0 Å². The van der Waals surface area contributed by atoms with Crippen LogP contribution in [0, 0.1) is 5.41 Å². The summed E-state index contributed by atoms with van der Waals surface area (Å²) in [5.74, 6) is 0.833. The highest BCUT2D eigenvalue weighted by Gasteiger charge is 2.53. The van der Waals surface area contributed by atoms with Crippen LogP contribution in [-0.2, 0) is 4.79 Å². The summed E-state index contributed by atoms with van der Waals surface area (Å²) >= 11 is 0. The van der Waals surface area contributed by atoms with Crippen molar-refractivity contribution in [2.75, 3.05) is 5.32 Å². The average molecular weight is 379 g/mol. The lowest BCUT2D eigenvalue weighted by Gasteiger charge is -2.50. The number of rotatable bonds is 2. The molecule has 0 radical (unpaired) electrons. The van der Waals surface area contributed by atoms with Gasteiger partial charge >= 0.3 is 0 Å². The number of anilines is 1. The summed E-state index contributed by atoms with van der Waals surface area (Å²) in [6.45, 7) is 2.11. The Morgan fingerprint density at radius 1 is 0.931 bits per heavy atom. The SMILES string of the molecule is CC1(C(=O)Nc2nc3ccccc3[nH]2)CC2c3ccccc3C1c1ccccc12. The highest BCUT2D eigenvalue weighted by Crippen LogP contribution is 2.61. The van der Waals surface area contributed by atoms with E-state index in [1.54, 1.807) is 0 Å². The number of aromatic amines is 1. The maximum absolute atomic E-state index is 13.6. The summed E-state index contributed by atoms with van der Waals surface area (Å²) in [5, 5.41) is 3.08. The van der Waals surface area contributed by atoms with E-state index in [1.165, 1.54) is 22.3 Å². The predicted molar refractivity (Wildman–Crippen MR) is 114 cm³/mol. The second-order valence-electron chi connectivity index (χ2n) is 8.42. The van der Waals surface area contributed by atoms with Crippen molar-refractivity contribution < 1.29 is 4.79 Å². The highest BCUT2D eigenvalue weighted by atomic mass is 16.2. The minimum atomic E-state index is -0.535. The molecule has 3 aliphatic carbocycles. The Morgan fingerprint density at radius 2 is 1.52 bits per heavy atom. The summed E-state index contributed by atoms with van der Waals surface area (Å²) in [4.78, 5) is 21.4. The van der Waals surface area contributed by atoms with Crippen molar-refractivity contribution in [1.82, 2.24) is 9.97 Å². The van der Waals surface area contributed by atoms with E-state index in [0.29, 0.717) is 5.95 Å². The van der Waals surface area contributed by atoms with E-state index in [1.807, 2.05) is 24.3 Å². The lowest BCUT2D eigenvalue weighted by molar-refractivity contribution is -0.126. The van der Waals surface area contributed by atoms with Crippen molar-refractivity contribution >= 4 is 22.9 Å². The first-order chi connectivity index (χ1) is 14.1. The van der Waals surface area contributed by atoms with E-state index in [0.717, 1.165) is 17.5 Å². The largest absolute Gasteiger partial charge is 0.324 e. The van der Waals surface area contributed by atoms with E-state index in [2.05, 4.69) is 70.7 Å². The number of nitrogens with zero attached hydrogens (tertiary/aromatic N) is 1. The number of amides is 1. The van der Waals surface area contributed by atoms with Crippen LogP contribution in [0.4, 0.5) is 5.95 Å². The van der Waals surface area contributed by atoms with Gasteiger partial charge in [0.05, 0.1) is 16.4 Å². The highest BCUT2D eigenvalue weighted by molar-refractivity contribution is 5.97. The molecule has 0 saturated carbocycles. The van der Waals surface area contributed by atoms with Crippen LogP contribution in [0.25, 0.3) is 11.0 Å². The topological polar surface area (TPSA) is 57.8 Å². The van der Waals surface area contributed by atoms with Gasteiger partial charge in [-0.05, 0) is 47.7 Å². The van der Waals surface area contributed by atoms with Gasteiger partial charge in [0.1, 0.15) is 0 Å². The standard InChI is InChI=1S/C25H21N3O/c1-25(23(29)28-24-26-20-12-6-7-13-21(20)27-24)14-19-15-8-2-4-10-17(15)22(25)18-11-5-3-9-16(18)19/h2-13,19,22H,14H2,1H3,(H2,26,27,28,29). The lowest BCUT2D eigenvalue weighted by Crippen LogP contribution is -2.47. The lowest BCUT2D eigenvalue weighted by atomic mass is 9.52. The Bertz CT molecular complexity index is 1190. The van der Waals surface area contributed by atoms with Crippen LogP contribution in [0.15, 0.2) is 72.8 Å². The molecule has 1 atom stereocenters. The van der Waals surface area contributed by atoms with Crippen molar-refractivity contribution in [2.24, 2.45) is 5.41 Å². The Kier molecular flexibility index (Phi) is 3.31. The third-order valence-electron chi connectivity index (χ3n) is 6.77. The molecule has 142 valence electrons. The van der Waals surface area contributed by atoms with Crippen molar-refractivity contribution in [2.45, 2.75) is 25.2 Å². The third-order valence-corrected chi connectivity index (χ3v) is 6.77. The first-order valence-electron chi connectivity index (χ1n) is 10.1. The minimum Gasteiger partial charge on any atom is -0.324 e. The zero-order valence-electron chi connectivity index (χ0n) is 16.1. The molecule has 0 aliphatic heterocycles. The van der Waals surface area contributed by atoms with Crippen molar-refractivity contribution in [3.63, 3.8) is 0 Å². The molecular formula is C25H21N3O. The summed E-state index contributed by atoms with van der Waals surface area (Å²) in [6, 6.07) is 25.0. The number of hydrogen-bond acceptors (Lipinski definition) is 2. The van der Waals surface area contributed by atoms with Crippen LogP contribution in [-0.4, -0.2) is 15.9 Å². The van der Waals surface area contributed by atoms with Gasteiger partial charge in [-0.2, -0.15) is 0 Å². The number of fused-ring (bicyclic) bond motifs is 2. The summed E-state index contributed by atoms with van der Waals surface area (Å²) in [7, 11) is 0. The number of benzene rings is 3. The monoisotopic (exact) mass is 379 g/mol. The molecule has 2 bridgehead atoms. The molecule has 29 heavy (non-hydrogen) atoms. The molecule has 7 rings (SSSR count). The second kappa shape index (κ2) is 5.80. The molecule has 3 aromatic carbocycles. The number of nitrogens with one attached hydrogen (secondary N) is 2. The molecular weight excluding hydrogens is 358 g/mol. The summed E-state index contributed by atoms with van der Waals surface area (Å²) in [6.07, 6.45) is 0.803. The molecule has 3 aliphatic rings. The van der Waals surface area contributed by atoms with Crippen LogP contribution in [0.1, 0.15) is 47.4 Å². The van der Waals surface area contributed by atoms with E-state index >= 15 is 0 Å². The number of hydrogen-bond donors (Lipinski definition) is 2. The van der Waals surface area contributed by atoms with Gasteiger partial charge in [-0.15, -0.1) is 0 Å². The van der Waals surface area contributed by atoms with Gasteiger partial charge in [-0.1, -0.05) is 60.7 Å². The molecule has 0 spiro atoms. The van der Waals surface area contributed by atoms with E-state index in [4.69, 9.17) is 0 Å². The predicted octanol–water partition coefficient (Wildman–Crippen LogP) is 5.19. The fraction of sp³-hybridized carbons (Fsp3) is 0.200. The van der Waals surface area contributed by atoms with E-state index in [9.17, 15) is 4.79 Å². The molecule has 0 fully saturated rings. The Morgan fingerprint density at radius 3 is 2.17 bits per heavy atom. The van der Waals surface area contributed by atoms with E-state index in [-0.39, 0.29) is 17.7 Å². The Hall–Kier alpha value is -3.40. The van der Waals surface area contributed by atoms with Gasteiger partial charge in [0.25, 0.3) is 0 Å². The summed E-state index contributed by atoms with van der Waals surface area (Å²) < 4.78 is 0. The first kappa shape index (κ1) is 16.5. The Balaban J connectivity index is 1.44. The van der Waals surface area contributed by atoms with Gasteiger partial charge in [0.15, 0.2) is 0 Å². The molecule has 2 N–H and O–H groups in total. The van der Waals surface area contributed by atoms with Gasteiger partial charge in [-0.25, -0.2) is 4.98 Å². The number of imidazole rings is 1. The number of aromatic nitrogens is 2. The van der Waals surface area contributed by atoms with Gasteiger partial charge in [0.2, 0.25) is 11.9 Å². The van der Waals surface area contributed by atoms with Crippen LogP contribution < -0.4 is 5.32 Å². The maximum atomic E-state index is 13.6. The minimum absolute atomic E-state index is 0.0237. The normalized spacial score (nSPS) is 24.2. The molecule has 4 heteroatoms. The fourth-order valence-electron chi connectivity index (χ4n) is 5.45. The maximum Gasteiger partial charge on any atom is 0.233 e. The average Bonchev–Trinajstić information content (AvgIpc) is 3.16. The zero-order chi connectivity index (χ0) is 19.6.